The first-order chi connectivity index (χ1) is 41.4. The summed E-state index contributed by atoms with van der Waals surface area (Å²) in [5.41, 5.74) is 17.7. The molecular weight excluding hydrogens is 1110 g/mol. The highest BCUT2D eigenvalue weighted by Crippen LogP contribution is 2.41. The number of aliphatic hydroxyl groups excluding tert-OH is 2. The molecule has 0 bridgehead atoms. The molecule has 0 aliphatic heterocycles. The molecule has 2 N–H and O–H groups in total. The van der Waals surface area contributed by atoms with E-state index in [1.807, 2.05) is 145 Å². The van der Waals surface area contributed by atoms with E-state index in [9.17, 15) is 23.4 Å². The molecule has 9 rings (SSSR count). The molecule has 13 heteroatoms. The predicted molar refractivity (Wildman–Crippen MR) is 360 cm³/mol. The molecule has 0 aliphatic rings. The molecule has 9 nitrogen and oxygen atoms in total. The normalized spacial score (nSPS) is 11.2. The fourth-order valence-electron chi connectivity index (χ4n) is 10.7. The molecule has 9 aromatic carbocycles. The molecule has 0 saturated carbocycles. The van der Waals surface area contributed by atoms with Gasteiger partial charge >= 0.3 is 6.18 Å². The van der Waals surface area contributed by atoms with Gasteiger partial charge in [-0.15, -0.1) is 0 Å². The SMILES string of the molecule is CN(C)c1ccc(C(c2ccc(Cl)cc2)c2ccc(N(C)C)cc2)cc1.COc1cc(C(c2ccc(N(C)C)cc2)c2ccc(N(C)C)cc2)cc(CO)c1CO.Cc1cc(C(c2ccc(N(C)C)cc2)c2ccc(N(C)C)cc2)cc(C(F)(F)F)c1. The lowest BCUT2D eigenvalue weighted by molar-refractivity contribution is -0.137. The third kappa shape index (κ3) is 17.0. The minimum atomic E-state index is -4.38. The summed E-state index contributed by atoms with van der Waals surface area (Å²) in [5, 5.41) is 20.5. The Bertz CT molecular complexity index is 3410. The monoisotopic (exact) mass is 1200 g/mol. The van der Waals surface area contributed by atoms with Crippen LogP contribution in [0.25, 0.3) is 0 Å². The smallest absolute Gasteiger partial charge is 0.416 e. The number of alkyl halides is 3. The second-order valence-corrected chi connectivity index (χ2v) is 23.5. The molecule has 0 spiro atoms. The fraction of sp³-hybridized carbons (Fsp3) is 0.270. The van der Waals surface area contributed by atoms with Crippen molar-refractivity contribution in [2.45, 2.75) is 44.1 Å². The van der Waals surface area contributed by atoms with E-state index in [1.54, 1.807) is 14.0 Å². The maximum Gasteiger partial charge on any atom is 0.416 e. The molecule has 0 atom stereocenters. The van der Waals surface area contributed by atoms with Gasteiger partial charge in [0.1, 0.15) is 5.75 Å². The molecule has 0 aromatic heterocycles. The van der Waals surface area contributed by atoms with Crippen molar-refractivity contribution < 1.29 is 28.1 Å². The summed E-state index contributed by atoms with van der Waals surface area (Å²) in [5.74, 6) is 0.432. The van der Waals surface area contributed by atoms with E-state index in [1.165, 1.54) is 40.2 Å². The average Bonchev–Trinajstić information content (AvgIpc) is 1.65. The summed E-state index contributed by atoms with van der Waals surface area (Å²) in [6.45, 7) is 1.37. The number of anilines is 6. The van der Waals surface area contributed by atoms with Crippen molar-refractivity contribution in [2.75, 3.05) is 121 Å². The van der Waals surface area contributed by atoms with E-state index < -0.39 is 11.7 Å². The van der Waals surface area contributed by atoms with Crippen LogP contribution in [0.4, 0.5) is 47.3 Å². The van der Waals surface area contributed by atoms with Crippen LogP contribution < -0.4 is 34.1 Å². The van der Waals surface area contributed by atoms with E-state index in [-0.39, 0.29) is 31.0 Å². The minimum absolute atomic E-state index is 0.0423. The molecule has 0 unspecified atom stereocenters. The van der Waals surface area contributed by atoms with Gasteiger partial charge < -0.3 is 44.3 Å². The van der Waals surface area contributed by atoms with Crippen molar-refractivity contribution in [3.05, 3.63) is 278 Å². The highest BCUT2D eigenvalue weighted by atomic mass is 35.5. The standard InChI is InChI=1S/C26H32N2O3.C25H27F3N2.C23H25ClN2/c1-27(2)22-10-6-18(7-11-22)26(19-8-12-23(13-9-19)28(3)4)20-14-21(16-29)24(17-30)25(15-20)31-5;1-17-14-20(16-21(15-17)25(26,27)28)24(18-6-10-22(11-7-18)29(2)3)19-8-12-23(13-9-19)30(4)5;1-25(2)21-13-7-18(8-14-21)23(17-5-11-20(24)12-6-17)19-9-15-22(16-10-19)26(3)4/h6-15,26,29-30H,16-17H2,1-5H3;6-16,24H,1-5H3;5-16,23H,1-4H3. The maximum atomic E-state index is 13.5. The summed E-state index contributed by atoms with van der Waals surface area (Å²) >= 11 is 6.11. The van der Waals surface area contributed by atoms with Crippen molar-refractivity contribution in [3.8, 4) is 5.75 Å². The largest absolute Gasteiger partial charge is 0.496 e. The second-order valence-electron chi connectivity index (χ2n) is 23.1. The van der Waals surface area contributed by atoms with Crippen LogP contribution in [0.1, 0.15) is 90.1 Å². The van der Waals surface area contributed by atoms with Gasteiger partial charge in [0, 0.05) is 147 Å². The van der Waals surface area contributed by atoms with Crippen molar-refractivity contribution in [3.63, 3.8) is 0 Å². The zero-order valence-electron chi connectivity index (χ0n) is 52.7. The lowest BCUT2D eigenvalue weighted by Gasteiger charge is -2.23. The number of ether oxygens (including phenoxy) is 1. The highest BCUT2D eigenvalue weighted by molar-refractivity contribution is 6.30. The topological polar surface area (TPSA) is 69.1 Å². The zero-order valence-corrected chi connectivity index (χ0v) is 53.5. The molecular formula is C74H84ClF3N6O3. The van der Waals surface area contributed by atoms with E-state index >= 15 is 0 Å². The average molecular weight is 1200 g/mol. The number of aliphatic hydroxyl groups is 2. The van der Waals surface area contributed by atoms with Gasteiger partial charge in [-0.25, -0.2) is 0 Å². The molecule has 456 valence electrons. The Morgan fingerprint density at radius 3 is 0.874 bits per heavy atom. The van der Waals surface area contributed by atoms with Crippen LogP contribution in [0, 0.1) is 6.92 Å². The number of hydrogen-bond donors (Lipinski definition) is 2. The lowest BCUT2D eigenvalue weighted by Crippen LogP contribution is -2.11. The third-order valence-corrected chi connectivity index (χ3v) is 15.9. The van der Waals surface area contributed by atoms with Gasteiger partial charge in [-0.1, -0.05) is 114 Å². The van der Waals surface area contributed by atoms with Gasteiger partial charge in [0.25, 0.3) is 0 Å². The lowest BCUT2D eigenvalue weighted by atomic mass is 9.83. The van der Waals surface area contributed by atoms with Crippen molar-refractivity contribution >= 4 is 45.7 Å². The van der Waals surface area contributed by atoms with Crippen LogP contribution >= 0.6 is 11.6 Å². The minimum Gasteiger partial charge on any atom is -0.496 e. The third-order valence-electron chi connectivity index (χ3n) is 15.6. The molecule has 0 aliphatic carbocycles. The quantitative estimate of drug-likeness (QED) is 0.0818. The predicted octanol–water partition coefficient (Wildman–Crippen LogP) is 16.0. The van der Waals surface area contributed by atoms with Gasteiger partial charge in [-0.3, -0.25) is 0 Å². The van der Waals surface area contributed by atoms with Crippen molar-refractivity contribution in [1.82, 2.24) is 0 Å². The van der Waals surface area contributed by atoms with Gasteiger partial charge in [-0.05, 0) is 166 Å². The molecule has 9 aromatic rings. The summed E-state index contributed by atoms with van der Waals surface area (Å²) in [4.78, 5) is 12.4. The number of rotatable bonds is 18. The second kappa shape index (κ2) is 29.8. The number of hydrogen-bond acceptors (Lipinski definition) is 9. The Labute approximate surface area is 519 Å². The number of halogens is 4. The molecule has 0 amide bonds. The number of nitrogens with zero attached hydrogens (tertiary/aromatic N) is 6. The van der Waals surface area contributed by atoms with Crippen LogP contribution in [-0.4, -0.2) is 102 Å². The van der Waals surface area contributed by atoms with Crippen LogP contribution in [0.5, 0.6) is 5.75 Å². The summed E-state index contributed by atoms with van der Waals surface area (Å²) in [6.07, 6.45) is -4.38. The van der Waals surface area contributed by atoms with Crippen LogP contribution in [0.3, 0.4) is 0 Å². The van der Waals surface area contributed by atoms with Crippen molar-refractivity contribution in [1.29, 1.82) is 0 Å². The van der Waals surface area contributed by atoms with E-state index in [2.05, 4.69) is 157 Å². The van der Waals surface area contributed by atoms with Gasteiger partial charge in [0.15, 0.2) is 0 Å². The van der Waals surface area contributed by atoms with Crippen LogP contribution in [-0.2, 0) is 19.4 Å². The summed E-state index contributed by atoms with van der Waals surface area (Å²) in [7, 11) is 25.8. The molecule has 0 fully saturated rings. The Kier molecular flexibility index (Phi) is 22.6. The first kappa shape index (κ1) is 66.1. The molecule has 0 radical (unpaired) electrons. The fourth-order valence-corrected chi connectivity index (χ4v) is 10.8. The van der Waals surface area contributed by atoms with Crippen molar-refractivity contribution in [2.24, 2.45) is 0 Å². The number of benzene rings is 9. The highest BCUT2D eigenvalue weighted by Gasteiger charge is 2.32. The Morgan fingerprint density at radius 1 is 0.368 bits per heavy atom. The van der Waals surface area contributed by atoms with E-state index in [0.29, 0.717) is 28.0 Å². The van der Waals surface area contributed by atoms with Gasteiger partial charge in [-0.2, -0.15) is 13.2 Å². The zero-order chi connectivity index (χ0) is 63.3. The Morgan fingerprint density at radius 2 is 0.632 bits per heavy atom. The van der Waals surface area contributed by atoms with Crippen LogP contribution in [0.2, 0.25) is 5.02 Å². The number of aryl methyl sites for hydroxylation is 1. The summed E-state index contributed by atoms with van der Waals surface area (Å²) < 4.78 is 46.0. The van der Waals surface area contributed by atoms with Gasteiger partial charge in [0.05, 0.1) is 25.9 Å². The Hall–Kier alpha value is -8.42. The molecule has 87 heavy (non-hydrogen) atoms. The van der Waals surface area contributed by atoms with Gasteiger partial charge in [0.2, 0.25) is 0 Å². The maximum absolute atomic E-state index is 13.5. The van der Waals surface area contributed by atoms with Crippen LogP contribution in [0.15, 0.2) is 200 Å². The summed E-state index contributed by atoms with van der Waals surface area (Å²) in [6, 6.07) is 67.0. The first-order valence-corrected chi connectivity index (χ1v) is 29.3. The number of methoxy groups -OCH3 is 1. The van der Waals surface area contributed by atoms with E-state index in [0.717, 1.165) is 55.6 Å². The molecule has 0 heterocycles. The van der Waals surface area contributed by atoms with E-state index in [4.69, 9.17) is 16.3 Å². The first-order valence-electron chi connectivity index (χ1n) is 28.9. The Balaban J connectivity index is 0.000000187. The molecule has 0 saturated heterocycles.